The van der Waals surface area contributed by atoms with Crippen LogP contribution < -0.4 is 0 Å². The number of hydrogen-bond donors (Lipinski definition) is 2. The molecule has 0 amide bonds. The number of halogens is 3. The highest BCUT2D eigenvalue weighted by Crippen LogP contribution is 2.13. The Balaban J connectivity index is 0. The Bertz CT molecular complexity index is 188. The van der Waals surface area contributed by atoms with Crippen molar-refractivity contribution in [3.05, 3.63) is 0 Å². The summed E-state index contributed by atoms with van der Waals surface area (Å²) in [4.78, 5) is 18.5. The molecule has 14 heavy (non-hydrogen) atoms. The van der Waals surface area contributed by atoms with Gasteiger partial charge < -0.3 is 14.9 Å². The number of carboxylic acid groups (broad SMARTS) is 2. The first kappa shape index (κ1) is 15.2. The summed E-state index contributed by atoms with van der Waals surface area (Å²) in [5, 5.41) is 15.0. The van der Waals surface area contributed by atoms with Gasteiger partial charge in [0.25, 0.3) is 0 Å². The second-order valence-electron chi connectivity index (χ2n) is 1.83. The zero-order valence-electron chi connectivity index (χ0n) is 7.17. The lowest BCUT2D eigenvalue weighted by Gasteiger charge is -1.93. The monoisotopic (exact) mass is 218 g/mol. The third-order valence-corrected chi connectivity index (χ3v) is 0.672. The van der Waals surface area contributed by atoms with Crippen LogP contribution >= 0.6 is 0 Å². The predicted molar refractivity (Wildman–Crippen MR) is 37.8 cm³/mol. The Kier molecular flexibility index (Phi) is 7.73. The van der Waals surface area contributed by atoms with Crippen LogP contribution in [-0.2, 0) is 14.3 Å². The number of ether oxygens (including phenoxy) is 1. The van der Waals surface area contributed by atoms with Crippen LogP contribution in [0.3, 0.4) is 0 Å². The van der Waals surface area contributed by atoms with Crippen molar-refractivity contribution in [2.24, 2.45) is 0 Å². The zero-order chi connectivity index (χ0) is 11.8. The van der Waals surface area contributed by atoms with E-state index in [-0.39, 0.29) is 6.61 Å². The van der Waals surface area contributed by atoms with Crippen molar-refractivity contribution in [3.8, 4) is 0 Å². The van der Waals surface area contributed by atoms with E-state index in [9.17, 15) is 18.0 Å². The van der Waals surface area contributed by atoms with Crippen molar-refractivity contribution < 1.29 is 37.7 Å². The standard InChI is InChI=1S/C4H8O3.C2HF3O2/c1-2-7-3-4(5)6;3-2(4,5)1(6)7/h2-3H2,1H3,(H,5,6);(H,6,7). The van der Waals surface area contributed by atoms with Crippen molar-refractivity contribution in [1.29, 1.82) is 0 Å². The van der Waals surface area contributed by atoms with Crippen molar-refractivity contribution in [2.75, 3.05) is 13.2 Å². The number of alkyl halides is 3. The highest BCUT2D eigenvalue weighted by atomic mass is 19.4. The SMILES string of the molecule is CCOCC(=O)O.O=C(O)C(F)(F)F. The molecule has 0 atom stereocenters. The molecule has 0 rings (SSSR count). The fourth-order valence-corrected chi connectivity index (χ4v) is 0.189. The van der Waals surface area contributed by atoms with E-state index in [0.717, 1.165) is 0 Å². The second-order valence-corrected chi connectivity index (χ2v) is 1.83. The van der Waals surface area contributed by atoms with Gasteiger partial charge in [0.2, 0.25) is 0 Å². The van der Waals surface area contributed by atoms with E-state index in [4.69, 9.17) is 15.0 Å². The molecule has 0 aliphatic carbocycles. The first-order chi connectivity index (χ1) is 6.21. The van der Waals surface area contributed by atoms with Gasteiger partial charge in [-0.25, -0.2) is 9.59 Å². The maximum absolute atomic E-state index is 10.6. The molecular weight excluding hydrogens is 209 g/mol. The minimum Gasteiger partial charge on any atom is -0.480 e. The summed E-state index contributed by atoms with van der Waals surface area (Å²) in [6.45, 7) is 2.03. The van der Waals surface area contributed by atoms with Gasteiger partial charge in [0.15, 0.2) is 0 Å². The summed E-state index contributed by atoms with van der Waals surface area (Å²) in [6, 6.07) is 0. The molecule has 0 saturated heterocycles. The van der Waals surface area contributed by atoms with Crippen molar-refractivity contribution in [2.45, 2.75) is 13.1 Å². The lowest BCUT2D eigenvalue weighted by Crippen LogP contribution is -2.21. The van der Waals surface area contributed by atoms with Crippen LogP contribution in [0.4, 0.5) is 13.2 Å². The molecule has 84 valence electrons. The van der Waals surface area contributed by atoms with Crippen LogP contribution in [0.15, 0.2) is 0 Å². The summed E-state index contributed by atoms with van der Waals surface area (Å²) in [6.07, 6.45) is -5.08. The molecule has 5 nitrogen and oxygen atoms in total. The molecule has 0 aromatic heterocycles. The molecule has 0 aromatic carbocycles. The Hall–Kier alpha value is -1.31. The average Bonchev–Trinajstić information content (AvgIpc) is 2.00. The minimum atomic E-state index is -5.08. The zero-order valence-corrected chi connectivity index (χ0v) is 7.17. The molecule has 0 spiro atoms. The topological polar surface area (TPSA) is 83.8 Å². The van der Waals surface area contributed by atoms with Gasteiger partial charge in [-0.15, -0.1) is 0 Å². The number of carbonyl (C=O) groups is 2. The van der Waals surface area contributed by atoms with E-state index in [1.54, 1.807) is 6.92 Å². The van der Waals surface area contributed by atoms with Gasteiger partial charge in [0, 0.05) is 6.61 Å². The van der Waals surface area contributed by atoms with E-state index in [2.05, 4.69) is 4.74 Å². The van der Waals surface area contributed by atoms with Crippen molar-refractivity contribution in [3.63, 3.8) is 0 Å². The summed E-state index contributed by atoms with van der Waals surface area (Å²) >= 11 is 0. The van der Waals surface area contributed by atoms with Crippen LogP contribution in [0.5, 0.6) is 0 Å². The van der Waals surface area contributed by atoms with E-state index in [1.807, 2.05) is 0 Å². The third-order valence-electron chi connectivity index (χ3n) is 0.672. The lowest BCUT2D eigenvalue weighted by atomic mass is 10.7. The molecule has 0 bridgehead atoms. The molecule has 0 fully saturated rings. The van der Waals surface area contributed by atoms with Crippen LogP contribution in [-0.4, -0.2) is 41.5 Å². The molecule has 0 aliphatic rings. The van der Waals surface area contributed by atoms with Gasteiger partial charge in [-0.1, -0.05) is 0 Å². The van der Waals surface area contributed by atoms with Gasteiger partial charge in [0.1, 0.15) is 6.61 Å². The molecule has 0 radical (unpaired) electrons. The van der Waals surface area contributed by atoms with Gasteiger partial charge in [-0.3, -0.25) is 0 Å². The largest absolute Gasteiger partial charge is 0.490 e. The van der Waals surface area contributed by atoms with Gasteiger partial charge in [0.05, 0.1) is 0 Å². The molecular formula is C6H9F3O5. The Morgan fingerprint density at radius 1 is 1.29 bits per heavy atom. The molecule has 0 unspecified atom stereocenters. The smallest absolute Gasteiger partial charge is 0.480 e. The number of rotatable bonds is 3. The van der Waals surface area contributed by atoms with Crippen molar-refractivity contribution in [1.82, 2.24) is 0 Å². The maximum atomic E-state index is 10.6. The minimum absolute atomic E-state index is 0.184. The summed E-state index contributed by atoms with van der Waals surface area (Å²) < 4.78 is 36.2. The molecule has 0 heterocycles. The van der Waals surface area contributed by atoms with E-state index in [1.165, 1.54) is 0 Å². The fraction of sp³-hybridized carbons (Fsp3) is 0.667. The molecule has 2 N–H and O–H groups in total. The number of aliphatic carboxylic acids is 2. The van der Waals surface area contributed by atoms with E-state index in [0.29, 0.717) is 6.61 Å². The summed E-state index contributed by atoms with van der Waals surface area (Å²) in [7, 11) is 0. The predicted octanol–water partition coefficient (Wildman–Crippen LogP) is 0.741. The molecule has 0 aromatic rings. The van der Waals surface area contributed by atoms with E-state index < -0.39 is 18.1 Å². The highest BCUT2D eigenvalue weighted by molar-refractivity contribution is 5.73. The average molecular weight is 218 g/mol. The molecule has 0 saturated carbocycles. The fourth-order valence-electron chi connectivity index (χ4n) is 0.189. The molecule has 0 aliphatic heterocycles. The van der Waals surface area contributed by atoms with Crippen LogP contribution in [0.25, 0.3) is 0 Å². The quantitative estimate of drug-likeness (QED) is 0.729. The summed E-state index contributed by atoms with van der Waals surface area (Å²) in [5.74, 6) is -3.67. The van der Waals surface area contributed by atoms with Gasteiger partial charge in [-0.05, 0) is 6.92 Å². The normalized spacial score (nSPS) is 10.0. The first-order valence-electron chi connectivity index (χ1n) is 3.31. The van der Waals surface area contributed by atoms with Crippen molar-refractivity contribution >= 4 is 11.9 Å². The Labute approximate surface area is 77.1 Å². The molecule has 8 heteroatoms. The summed E-state index contributed by atoms with van der Waals surface area (Å²) in [5.41, 5.74) is 0. The van der Waals surface area contributed by atoms with E-state index >= 15 is 0 Å². The third kappa shape index (κ3) is 13.3. The maximum Gasteiger partial charge on any atom is 0.490 e. The number of carboxylic acids is 2. The van der Waals surface area contributed by atoms with Crippen LogP contribution in [0, 0.1) is 0 Å². The number of hydrogen-bond acceptors (Lipinski definition) is 3. The van der Waals surface area contributed by atoms with Crippen LogP contribution in [0.2, 0.25) is 0 Å². The Morgan fingerprint density at radius 3 is 1.71 bits per heavy atom. The van der Waals surface area contributed by atoms with Crippen LogP contribution in [0.1, 0.15) is 6.92 Å². The second kappa shape index (κ2) is 7.13. The first-order valence-corrected chi connectivity index (χ1v) is 3.31. The highest BCUT2D eigenvalue weighted by Gasteiger charge is 2.38. The van der Waals surface area contributed by atoms with Gasteiger partial charge in [-0.2, -0.15) is 13.2 Å². The lowest BCUT2D eigenvalue weighted by molar-refractivity contribution is -0.192. The Morgan fingerprint density at radius 2 is 1.64 bits per heavy atom. The van der Waals surface area contributed by atoms with Gasteiger partial charge >= 0.3 is 18.1 Å².